The summed E-state index contributed by atoms with van der Waals surface area (Å²) in [5, 5.41) is 29.9. The highest BCUT2D eigenvalue weighted by molar-refractivity contribution is 8.93. The molecule has 0 spiro atoms. The van der Waals surface area contributed by atoms with Crippen molar-refractivity contribution in [3.63, 3.8) is 0 Å². The molecule has 0 heterocycles. The molecule has 2 aromatic rings. The third kappa shape index (κ3) is 2.99. The van der Waals surface area contributed by atoms with Crippen LogP contribution in [0.4, 0.5) is 0 Å². The van der Waals surface area contributed by atoms with Crippen molar-refractivity contribution >= 4 is 28.7 Å². The van der Waals surface area contributed by atoms with Crippen LogP contribution in [0.25, 0.3) is 11.1 Å². The fraction of sp³-hybridized carbons (Fsp3) is 0.235. The fourth-order valence-corrected chi connectivity index (χ4v) is 3.46. The van der Waals surface area contributed by atoms with Crippen LogP contribution in [-0.4, -0.2) is 21.6 Å². The Labute approximate surface area is 153 Å². The number of hydrogen-bond acceptors (Lipinski definition) is 6. The first-order chi connectivity index (χ1) is 10.9. The molecule has 0 saturated heterocycles. The summed E-state index contributed by atoms with van der Waals surface area (Å²) < 4.78 is 0. The van der Waals surface area contributed by atoms with E-state index in [4.69, 9.17) is 5.73 Å². The maximum absolute atomic E-state index is 12.3. The number of rotatable bonds is 1. The van der Waals surface area contributed by atoms with Crippen LogP contribution in [0.2, 0.25) is 0 Å². The lowest BCUT2D eigenvalue weighted by Gasteiger charge is -2.13. The minimum Gasteiger partial charge on any atom is -0.504 e. The van der Waals surface area contributed by atoms with E-state index in [0.29, 0.717) is 40.0 Å². The van der Waals surface area contributed by atoms with Gasteiger partial charge in [-0.3, -0.25) is 4.79 Å². The van der Waals surface area contributed by atoms with Gasteiger partial charge in [0, 0.05) is 11.6 Å². The van der Waals surface area contributed by atoms with Crippen LogP contribution in [-0.2, 0) is 6.42 Å². The van der Waals surface area contributed by atoms with Gasteiger partial charge >= 0.3 is 0 Å². The minimum absolute atomic E-state index is 0. The van der Waals surface area contributed by atoms with Crippen molar-refractivity contribution in [3.05, 3.63) is 45.6 Å². The Kier molecular flexibility index (Phi) is 5.47. The predicted octanol–water partition coefficient (Wildman–Crippen LogP) is 3.08. The zero-order valence-corrected chi connectivity index (χ0v) is 15.5. The minimum atomic E-state index is -0.566. The zero-order chi connectivity index (χ0) is 16.7. The number of phenolic OH excluding ortho intramolecular Hbond substituents is 3. The number of halogens is 1. The highest BCUT2D eigenvalue weighted by Gasteiger charge is 2.25. The summed E-state index contributed by atoms with van der Waals surface area (Å²) in [6.45, 7) is 0. The summed E-state index contributed by atoms with van der Waals surface area (Å²) in [6, 6.07) is 6.01. The molecular formula is C17H18BrNO4S. The molecule has 1 aliphatic rings. The van der Waals surface area contributed by atoms with Crippen molar-refractivity contribution < 1.29 is 15.3 Å². The van der Waals surface area contributed by atoms with E-state index < -0.39 is 5.75 Å². The number of phenols is 3. The van der Waals surface area contributed by atoms with E-state index in [0.717, 1.165) is 0 Å². The van der Waals surface area contributed by atoms with Crippen LogP contribution in [0.1, 0.15) is 23.6 Å². The summed E-state index contributed by atoms with van der Waals surface area (Å²) in [5.41, 5.74) is 8.44. The Morgan fingerprint density at radius 2 is 1.88 bits per heavy atom. The molecule has 2 aromatic carbocycles. The first kappa shape index (κ1) is 18.6. The first-order valence-corrected chi connectivity index (χ1v) is 8.41. The van der Waals surface area contributed by atoms with Gasteiger partial charge in [0.2, 0.25) is 5.75 Å². The third-order valence-corrected chi connectivity index (χ3v) is 4.97. The summed E-state index contributed by atoms with van der Waals surface area (Å²) >= 11 is 1.34. The molecule has 0 bridgehead atoms. The normalized spacial score (nSPS) is 15.7. The number of benzene rings is 1. The molecule has 5 nitrogen and oxygen atoms in total. The Bertz CT molecular complexity index is 857. The third-order valence-electron chi connectivity index (χ3n) is 4.19. The van der Waals surface area contributed by atoms with Gasteiger partial charge in [0.25, 0.3) is 0 Å². The predicted molar refractivity (Wildman–Crippen MR) is 100 cm³/mol. The van der Waals surface area contributed by atoms with Crippen molar-refractivity contribution in [1.29, 1.82) is 0 Å². The van der Waals surface area contributed by atoms with Gasteiger partial charge in [-0.2, -0.15) is 0 Å². The number of fused-ring (bicyclic) bond motifs is 3. The van der Waals surface area contributed by atoms with Gasteiger partial charge in [-0.15, -0.1) is 28.7 Å². The molecule has 1 atom stereocenters. The highest BCUT2D eigenvalue weighted by Crippen LogP contribution is 2.48. The second-order valence-corrected chi connectivity index (χ2v) is 6.40. The molecule has 7 heteroatoms. The smallest absolute Gasteiger partial charge is 0.200 e. The molecule has 3 rings (SSSR count). The van der Waals surface area contributed by atoms with Crippen molar-refractivity contribution in [2.75, 3.05) is 6.26 Å². The molecule has 0 radical (unpaired) electrons. The average molecular weight is 412 g/mol. The maximum Gasteiger partial charge on any atom is 0.200 e. The molecule has 5 N–H and O–H groups in total. The lowest BCUT2D eigenvalue weighted by molar-refractivity contribution is 0.368. The molecule has 128 valence electrons. The lowest BCUT2D eigenvalue weighted by atomic mass is 9.96. The van der Waals surface area contributed by atoms with E-state index in [-0.39, 0.29) is 40.0 Å². The largest absolute Gasteiger partial charge is 0.504 e. The van der Waals surface area contributed by atoms with E-state index in [9.17, 15) is 20.1 Å². The van der Waals surface area contributed by atoms with E-state index in [1.807, 2.05) is 6.26 Å². The molecule has 0 aliphatic heterocycles. The van der Waals surface area contributed by atoms with Gasteiger partial charge in [0.1, 0.15) is 0 Å². The van der Waals surface area contributed by atoms with Crippen LogP contribution in [0, 0.1) is 0 Å². The van der Waals surface area contributed by atoms with E-state index in [1.165, 1.54) is 23.9 Å². The molecule has 24 heavy (non-hydrogen) atoms. The van der Waals surface area contributed by atoms with Crippen LogP contribution in [0.5, 0.6) is 17.2 Å². The number of aryl methyl sites for hydroxylation is 1. The standard InChI is InChI=1S/C17H17NO4S.BrH/c1-23-14-5-3-9-10(7-12(14)19)11(18)4-2-8-6-13(20)16(21)17(22)15(8)9;/h3,5-7,11,20-22H,2,4,18H2,1H3;1H/t11-;/m0./s1. The SMILES string of the molecule is Br.CSc1ccc2c(cc1=O)[C@@H](N)CCc1cc(O)c(O)c(O)c1-2. The quantitative estimate of drug-likeness (QED) is 0.424. The number of hydrogen-bond donors (Lipinski definition) is 4. The number of nitrogens with two attached hydrogens (primary N) is 1. The van der Waals surface area contributed by atoms with Crippen molar-refractivity contribution in [1.82, 2.24) is 0 Å². The maximum atomic E-state index is 12.3. The first-order valence-electron chi connectivity index (χ1n) is 7.19. The van der Waals surface area contributed by atoms with Gasteiger partial charge in [0.05, 0.1) is 4.90 Å². The number of aromatic hydroxyl groups is 3. The van der Waals surface area contributed by atoms with Gasteiger partial charge in [0.15, 0.2) is 16.9 Å². The van der Waals surface area contributed by atoms with Gasteiger partial charge in [-0.25, -0.2) is 0 Å². The summed E-state index contributed by atoms with van der Waals surface area (Å²) in [7, 11) is 0. The second-order valence-electron chi connectivity index (χ2n) is 5.55. The lowest BCUT2D eigenvalue weighted by Crippen LogP contribution is -2.12. The Morgan fingerprint density at radius 3 is 2.54 bits per heavy atom. The summed E-state index contributed by atoms with van der Waals surface area (Å²) in [4.78, 5) is 12.8. The van der Waals surface area contributed by atoms with Crippen molar-refractivity contribution in [3.8, 4) is 28.4 Å². The highest BCUT2D eigenvalue weighted by atomic mass is 79.9. The number of thioether (sulfide) groups is 1. The molecular weight excluding hydrogens is 394 g/mol. The summed E-state index contributed by atoms with van der Waals surface area (Å²) in [5.74, 6) is -1.32. The fourth-order valence-electron chi connectivity index (χ4n) is 2.99. The van der Waals surface area contributed by atoms with Crippen molar-refractivity contribution in [2.45, 2.75) is 23.8 Å². The Hall–Kier alpha value is -1.70. The van der Waals surface area contributed by atoms with E-state index in [1.54, 1.807) is 12.1 Å². The van der Waals surface area contributed by atoms with Crippen LogP contribution in [0.3, 0.4) is 0 Å². The molecule has 0 amide bonds. The Morgan fingerprint density at radius 1 is 1.17 bits per heavy atom. The Balaban J connectivity index is 0.00000208. The average Bonchev–Trinajstić information content (AvgIpc) is 2.76. The molecule has 0 aromatic heterocycles. The summed E-state index contributed by atoms with van der Waals surface area (Å²) in [6.07, 6.45) is 2.92. The second kappa shape index (κ2) is 7.04. The van der Waals surface area contributed by atoms with Crippen LogP contribution < -0.4 is 11.2 Å². The molecule has 0 fully saturated rings. The van der Waals surface area contributed by atoms with Gasteiger partial charge < -0.3 is 21.1 Å². The zero-order valence-electron chi connectivity index (χ0n) is 12.9. The molecule has 1 aliphatic carbocycles. The van der Waals surface area contributed by atoms with Gasteiger partial charge in [-0.1, -0.05) is 6.07 Å². The van der Waals surface area contributed by atoms with Crippen LogP contribution >= 0.6 is 28.7 Å². The topological polar surface area (TPSA) is 104 Å². The van der Waals surface area contributed by atoms with Crippen LogP contribution in [0.15, 0.2) is 34.0 Å². The van der Waals surface area contributed by atoms with E-state index in [2.05, 4.69) is 0 Å². The molecule has 0 unspecified atom stereocenters. The van der Waals surface area contributed by atoms with E-state index >= 15 is 0 Å². The van der Waals surface area contributed by atoms with Gasteiger partial charge in [-0.05, 0) is 54.0 Å². The monoisotopic (exact) mass is 411 g/mol. The van der Waals surface area contributed by atoms with Crippen molar-refractivity contribution in [2.24, 2.45) is 5.73 Å². The molecule has 0 saturated carbocycles.